The summed E-state index contributed by atoms with van der Waals surface area (Å²) in [5.74, 6) is 0. The van der Waals surface area contributed by atoms with E-state index in [-0.39, 0.29) is 12.4 Å². The number of halogens is 1. The molecule has 0 radical (unpaired) electrons. The molecule has 0 N–H and O–H groups in total. The fourth-order valence-corrected chi connectivity index (χ4v) is 0.925. The quantitative estimate of drug-likeness (QED) is 0.446. The number of hydrogen-bond donors (Lipinski definition) is 0. The van der Waals surface area contributed by atoms with Crippen LogP contribution in [-0.4, -0.2) is 35.5 Å². The molecule has 0 aromatic heterocycles. The Morgan fingerprint density at radius 3 is 2.17 bits per heavy atom. The molecule has 0 amide bonds. The van der Waals surface area contributed by atoms with Gasteiger partial charge >= 0.3 is 5.71 Å². The maximum Gasteiger partial charge on any atom is 0.314 e. The third-order valence-corrected chi connectivity index (χ3v) is 1.64. The minimum absolute atomic E-state index is 0. The molecular formula is C8H12ClN3. The number of allylic oxidation sites excluding steroid dienone is 2. The highest BCUT2D eigenvalue weighted by molar-refractivity contribution is 6.00. The van der Waals surface area contributed by atoms with Gasteiger partial charge in [-0.3, -0.25) is 4.90 Å². The van der Waals surface area contributed by atoms with Crippen LogP contribution in [0.4, 0.5) is 0 Å². The molecule has 1 aliphatic rings. The van der Waals surface area contributed by atoms with Gasteiger partial charge in [-0.25, -0.2) is 0 Å². The van der Waals surface area contributed by atoms with Crippen LogP contribution >= 0.6 is 12.4 Å². The van der Waals surface area contributed by atoms with E-state index in [9.17, 15) is 0 Å². The zero-order valence-corrected chi connectivity index (χ0v) is 7.95. The Morgan fingerprint density at radius 1 is 1.33 bits per heavy atom. The van der Waals surface area contributed by atoms with Crippen molar-refractivity contribution in [2.75, 3.05) is 14.1 Å². The number of nitrogens with zero attached hydrogens (tertiary/aromatic N) is 3. The summed E-state index contributed by atoms with van der Waals surface area (Å²) in [7, 11) is 4.00. The number of hydrogen-bond acceptors (Lipinski definition) is 1. The van der Waals surface area contributed by atoms with Crippen LogP contribution in [0.2, 0.25) is 0 Å². The van der Waals surface area contributed by atoms with E-state index in [0.29, 0.717) is 11.8 Å². The summed E-state index contributed by atoms with van der Waals surface area (Å²) >= 11 is 0. The first-order valence-electron chi connectivity index (χ1n) is 3.49. The third kappa shape index (κ3) is 2.62. The molecule has 0 spiro atoms. The highest BCUT2D eigenvalue weighted by Crippen LogP contribution is 2.03. The van der Waals surface area contributed by atoms with Crippen molar-refractivity contribution in [3.05, 3.63) is 29.8 Å². The van der Waals surface area contributed by atoms with Crippen molar-refractivity contribution < 1.29 is 4.79 Å². The fraction of sp³-hybridized carbons (Fsp3) is 0.375. The van der Waals surface area contributed by atoms with Crippen LogP contribution in [0.5, 0.6) is 0 Å². The maximum absolute atomic E-state index is 8.39. The molecule has 66 valence electrons. The van der Waals surface area contributed by atoms with Gasteiger partial charge in [0.1, 0.15) is 0 Å². The van der Waals surface area contributed by atoms with Crippen molar-refractivity contribution in [3.8, 4) is 0 Å². The largest absolute Gasteiger partial charge is 0.361 e. The molecule has 0 saturated carbocycles. The second kappa shape index (κ2) is 4.88. The maximum atomic E-state index is 8.39. The molecule has 0 unspecified atom stereocenters. The standard InChI is InChI=1S/C8H11N3.ClH/c1-11(2)8-5-3-7(10-9)4-6-8;/h3-6,8H,1-2H3;1H. The Bertz CT molecular complexity index is 233. The van der Waals surface area contributed by atoms with Crippen LogP contribution in [0.15, 0.2) is 24.3 Å². The Morgan fingerprint density at radius 2 is 1.83 bits per heavy atom. The summed E-state index contributed by atoms with van der Waals surface area (Å²) in [4.78, 5) is 5.14. The van der Waals surface area contributed by atoms with E-state index in [1.807, 2.05) is 26.2 Å². The zero-order chi connectivity index (χ0) is 8.27. The second-order valence-electron chi connectivity index (χ2n) is 2.70. The summed E-state index contributed by atoms with van der Waals surface area (Å²) in [6, 6.07) is 0.320. The topological polar surface area (TPSA) is 39.6 Å². The van der Waals surface area contributed by atoms with Crippen LogP contribution in [-0.2, 0) is 0 Å². The zero-order valence-electron chi connectivity index (χ0n) is 7.14. The highest BCUT2D eigenvalue weighted by atomic mass is 35.5. The predicted octanol–water partition coefficient (Wildman–Crippen LogP) is 1.14. The first-order valence-corrected chi connectivity index (χ1v) is 3.49. The van der Waals surface area contributed by atoms with Crippen molar-refractivity contribution >= 4 is 18.1 Å². The Hall–Kier alpha value is -0.890. The van der Waals surface area contributed by atoms with Gasteiger partial charge in [-0.1, -0.05) is 12.2 Å². The molecule has 1 rings (SSSR count). The molecule has 0 aromatic carbocycles. The fourth-order valence-electron chi connectivity index (χ4n) is 0.925. The van der Waals surface area contributed by atoms with Gasteiger partial charge in [0.15, 0.2) is 0 Å². The lowest BCUT2D eigenvalue weighted by molar-refractivity contribution is -0.00170. The summed E-state index contributed by atoms with van der Waals surface area (Å²) in [6.07, 6.45) is 7.56. The lowest BCUT2D eigenvalue weighted by Gasteiger charge is -2.17. The van der Waals surface area contributed by atoms with Gasteiger partial charge < -0.3 is 5.53 Å². The van der Waals surface area contributed by atoms with Gasteiger partial charge in [-0.15, -0.1) is 12.4 Å². The number of rotatable bonds is 1. The van der Waals surface area contributed by atoms with Crippen LogP contribution in [0.3, 0.4) is 0 Å². The van der Waals surface area contributed by atoms with E-state index in [2.05, 4.69) is 9.69 Å². The highest BCUT2D eigenvalue weighted by Gasteiger charge is 2.10. The average molecular weight is 186 g/mol. The van der Waals surface area contributed by atoms with E-state index >= 15 is 0 Å². The van der Waals surface area contributed by atoms with Gasteiger partial charge in [0.2, 0.25) is 0 Å². The molecule has 0 atom stereocenters. The van der Waals surface area contributed by atoms with Crippen LogP contribution in [0.25, 0.3) is 5.53 Å². The predicted molar refractivity (Wildman–Crippen MR) is 51.6 cm³/mol. The van der Waals surface area contributed by atoms with Crippen molar-refractivity contribution in [2.45, 2.75) is 6.04 Å². The average Bonchev–Trinajstić information content (AvgIpc) is 2.05. The molecule has 0 saturated heterocycles. The molecule has 0 aromatic rings. The van der Waals surface area contributed by atoms with E-state index in [0.717, 1.165) is 0 Å². The molecule has 0 bridgehead atoms. The lowest BCUT2D eigenvalue weighted by atomic mass is 10.1. The third-order valence-electron chi connectivity index (χ3n) is 1.64. The molecule has 0 fully saturated rings. The smallest absolute Gasteiger partial charge is 0.314 e. The second-order valence-corrected chi connectivity index (χ2v) is 2.70. The molecule has 4 heteroatoms. The Kier molecular flexibility index (Phi) is 4.52. The van der Waals surface area contributed by atoms with Crippen molar-refractivity contribution in [1.29, 1.82) is 0 Å². The summed E-state index contributed by atoms with van der Waals surface area (Å²) < 4.78 is 0. The van der Waals surface area contributed by atoms with Crippen LogP contribution in [0.1, 0.15) is 0 Å². The molecule has 3 nitrogen and oxygen atoms in total. The molecule has 0 aliphatic heterocycles. The van der Waals surface area contributed by atoms with E-state index in [1.54, 1.807) is 12.2 Å². The minimum atomic E-state index is 0. The molecule has 12 heavy (non-hydrogen) atoms. The Labute approximate surface area is 78.4 Å². The normalized spacial score (nSPS) is 20.6. The first kappa shape index (κ1) is 11.1. The van der Waals surface area contributed by atoms with Gasteiger partial charge in [0.05, 0.1) is 0 Å². The van der Waals surface area contributed by atoms with Gasteiger partial charge in [-0.05, 0) is 14.1 Å². The summed E-state index contributed by atoms with van der Waals surface area (Å²) in [6.45, 7) is 0. The SMILES string of the molecule is CN(C)C1C=CC(=[N+]=[N-])C=C1.Cl. The molecule has 1 aliphatic carbocycles. The molecular weight excluding hydrogens is 174 g/mol. The lowest BCUT2D eigenvalue weighted by Crippen LogP contribution is -2.25. The first-order chi connectivity index (χ1) is 5.24. The summed E-state index contributed by atoms with van der Waals surface area (Å²) in [5, 5.41) is 0. The van der Waals surface area contributed by atoms with E-state index < -0.39 is 0 Å². The minimum Gasteiger partial charge on any atom is -0.361 e. The van der Waals surface area contributed by atoms with Crippen molar-refractivity contribution in [2.24, 2.45) is 0 Å². The van der Waals surface area contributed by atoms with E-state index in [4.69, 9.17) is 5.53 Å². The van der Waals surface area contributed by atoms with E-state index in [1.165, 1.54) is 0 Å². The van der Waals surface area contributed by atoms with Crippen LogP contribution < -0.4 is 0 Å². The van der Waals surface area contributed by atoms with Crippen molar-refractivity contribution in [1.82, 2.24) is 4.90 Å². The molecule has 0 heterocycles. The van der Waals surface area contributed by atoms with Crippen LogP contribution in [0, 0.1) is 0 Å². The van der Waals surface area contributed by atoms with Crippen molar-refractivity contribution in [3.63, 3.8) is 0 Å². The van der Waals surface area contributed by atoms with Gasteiger partial charge in [-0.2, -0.15) is 4.79 Å². The van der Waals surface area contributed by atoms with Gasteiger partial charge in [0.25, 0.3) is 0 Å². The number of likely N-dealkylation sites (N-methyl/N-ethyl adjacent to an activating group) is 1. The summed E-state index contributed by atoms with van der Waals surface area (Å²) in [5.41, 5.74) is 8.99. The Balaban J connectivity index is 0.00000121. The monoisotopic (exact) mass is 185 g/mol. The van der Waals surface area contributed by atoms with Gasteiger partial charge in [0, 0.05) is 18.2 Å².